The third kappa shape index (κ3) is 4.11. The van der Waals surface area contributed by atoms with Crippen molar-refractivity contribution in [3.8, 4) is 0 Å². The zero-order valence-electron chi connectivity index (χ0n) is 9.99. The van der Waals surface area contributed by atoms with Crippen LogP contribution in [0.15, 0.2) is 0 Å². The van der Waals surface area contributed by atoms with Crippen molar-refractivity contribution in [3.05, 3.63) is 0 Å². The van der Waals surface area contributed by atoms with E-state index in [1.165, 1.54) is 6.42 Å². The number of hydrogen-bond donors (Lipinski definition) is 1. The van der Waals surface area contributed by atoms with Gasteiger partial charge in [-0.3, -0.25) is 0 Å². The minimum Gasteiger partial charge on any atom is -0.212 e. The van der Waals surface area contributed by atoms with Crippen LogP contribution in [0.1, 0.15) is 52.9 Å². The van der Waals surface area contributed by atoms with Gasteiger partial charge in [0.05, 0.1) is 5.25 Å². The number of nitrogens with one attached hydrogen (secondary N) is 1. The molecule has 2 unspecified atom stereocenters. The molecule has 0 heterocycles. The van der Waals surface area contributed by atoms with Crippen LogP contribution in [0.5, 0.6) is 0 Å². The Labute approximate surface area is 93.7 Å². The molecule has 0 amide bonds. The molecule has 1 aliphatic rings. The van der Waals surface area contributed by atoms with Gasteiger partial charge in [-0.05, 0) is 39.0 Å². The maximum Gasteiger partial charge on any atom is 0.214 e. The summed E-state index contributed by atoms with van der Waals surface area (Å²) in [7, 11) is -3.08. The van der Waals surface area contributed by atoms with E-state index in [0.29, 0.717) is 0 Å². The van der Waals surface area contributed by atoms with Crippen molar-refractivity contribution in [2.45, 2.75) is 64.2 Å². The Balaban J connectivity index is 2.51. The lowest BCUT2D eigenvalue weighted by molar-refractivity contribution is 0.482. The molecule has 2 atom stereocenters. The Morgan fingerprint density at radius 2 is 1.80 bits per heavy atom. The van der Waals surface area contributed by atoms with Crippen molar-refractivity contribution in [1.29, 1.82) is 0 Å². The Hall–Kier alpha value is -0.0900. The molecule has 4 heteroatoms. The average molecular weight is 233 g/mol. The summed E-state index contributed by atoms with van der Waals surface area (Å²) in [6, 6.07) is 0.169. The quantitative estimate of drug-likeness (QED) is 0.760. The summed E-state index contributed by atoms with van der Waals surface area (Å²) in [5.74, 6) is 0.749. The molecule has 1 N–H and O–H groups in total. The van der Waals surface area contributed by atoms with Gasteiger partial charge < -0.3 is 0 Å². The zero-order valence-corrected chi connectivity index (χ0v) is 10.8. The second-order valence-corrected chi connectivity index (χ2v) is 7.29. The molecule has 0 saturated heterocycles. The normalized spacial score (nSPS) is 29.1. The smallest absolute Gasteiger partial charge is 0.212 e. The Morgan fingerprint density at radius 3 is 2.40 bits per heavy atom. The van der Waals surface area contributed by atoms with Crippen LogP contribution in [0, 0.1) is 5.92 Å². The fourth-order valence-electron chi connectivity index (χ4n) is 1.97. The van der Waals surface area contributed by atoms with Gasteiger partial charge in [0.15, 0.2) is 0 Å². The monoisotopic (exact) mass is 233 g/mol. The van der Waals surface area contributed by atoms with E-state index in [4.69, 9.17) is 0 Å². The lowest BCUT2D eigenvalue weighted by atomic mass is 10.0. The maximum absolute atomic E-state index is 11.7. The van der Waals surface area contributed by atoms with E-state index in [1.54, 1.807) is 13.8 Å². The molecule has 90 valence electrons. The van der Waals surface area contributed by atoms with E-state index >= 15 is 0 Å². The Morgan fingerprint density at radius 1 is 1.13 bits per heavy atom. The molecule has 0 aromatic heterocycles. The van der Waals surface area contributed by atoms with E-state index in [0.717, 1.165) is 31.6 Å². The van der Waals surface area contributed by atoms with Gasteiger partial charge in [0, 0.05) is 6.04 Å². The van der Waals surface area contributed by atoms with Crippen molar-refractivity contribution in [3.63, 3.8) is 0 Å². The van der Waals surface area contributed by atoms with Gasteiger partial charge in [-0.2, -0.15) is 0 Å². The van der Waals surface area contributed by atoms with Crippen molar-refractivity contribution in [2.75, 3.05) is 0 Å². The lowest BCUT2D eigenvalue weighted by Crippen LogP contribution is -2.38. The van der Waals surface area contributed by atoms with Gasteiger partial charge in [-0.15, -0.1) is 0 Å². The summed E-state index contributed by atoms with van der Waals surface area (Å²) in [6.07, 6.45) is 5.51. The fourth-order valence-corrected chi connectivity index (χ4v) is 2.95. The molecule has 3 nitrogen and oxygen atoms in total. The van der Waals surface area contributed by atoms with E-state index in [9.17, 15) is 8.42 Å². The molecule has 1 saturated carbocycles. The second kappa shape index (κ2) is 5.30. The van der Waals surface area contributed by atoms with Crippen LogP contribution in [0.3, 0.4) is 0 Å². The molecule has 0 radical (unpaired) electrons. The third-order valence-corrected chi connectivity index (χ3v) is 5.11. The third-order valence-electron chi connectivity index (χ3n) is 3.21. The van der Waals surface area contributed by atoms with Gasteiger partial charge in [0.1, 0.15) is 0 Å². The molecule has 15 heavy (non-hydrogen) atoms. The lowest BCUT2D eigenvalue weighted by Gasteiger charge is -2.18. The van der Waals surface area contributed by atoms with E-state index in [1.807, 2.05) is 0 Å². The molecule has 0 bridgehead atoms. The van der Waals surface area contributed by atoms with Crippen LogP contribution in [-0.4, -0.2) is 19.7 Å². The van der Waals surface area contributed by atoms with Crippen LogP contribution in [-0.2, 0) is 10.0 Å². The van der Waals surface area contributed by atoms with Crippen molar-refractivity contribution in [2.24, 2.45) is 5.92 Å². The first-order valence-corrected chi connectivity index (χ1v) is 7.47. The predicted octanol–water partition coefficient (Wildman–Crippen LogP) is 2.28. The number of rotatable bonds is 3. The second-order valence-electron chi connectivity index (χ2n) is 5.02. The van der Waals surface area contributed by atoms with Gasteiger partial charge >= 0.3 is 0 Å². The highest BCUT2D eigenvalue weighted by molar-refractivity contribution is 7.90. The summed E-state index contributed by atoms with van der Waals surface area (Å²) in [5.41, 5.74) is 0. The fraction of sp³-hybridized carbons (Fsp3) is 1.00. The van der Waals surface area contributed by atoms with Crippen molar-refractivity contribution < 1.29 is 8.42 Å². The van der Waals surface area contributed by atoms with Crippen LogP contribution < -0.4 is 4.72 Å². The largest absolute Gasteiger partial charge is 0.214 e. The highest BCUT2D eigenvalue weighted by Crippen LogP contribution is 2.23. The zero-order chi connectivity index (χ0) is 11.5. The van der Waals surface area contributed by atoms with Crippen molar-refractivity contribution >= 4 is 10.0 Å². The maximum atomic E-state index is 11.7. The van der Waals surface area contributed by atoms with Crippen LogP contribution in [0.2, 0.25) is 0 Å². The molecular weight excluding hydrogens is 210 g/mol. The molecule has 0 spiro atoms. The van der Waals surface area contributed by atoms with E-state index in [2.05, 4.69) is 11.6 Å². The Bertz CT molecular complexity index is 285. The summed E-state index contributed by atoms with van der Waals surface area (Å²) in [5, 5.41) is -0.321. The first-order chi connectivity index (χ1) is 6.92. The predicted molar refractivity (Wildman–Crippen MR) is 63.2 cm³/mol. The SMILES string of the molecule is CC1CCCC(NS(=O)(=O)C(C)C)CC1. The topological polar surface area (TPSA) is 46.2 Å². The van der Waals surface area contributed by atoms with Crippen LogP contribution in [0.4, 0.5) is 0 Å². The average Bonchev–Trinajstić information content (AvgIpc) is 2.30. The number of sulfonamides is 1. The first-order valence-electron chi connectivity index (χ1n) is 5.93. The first kappa shape index (κ1) is 13.0. The highest BCUT2D eigenvalue weighted by atomic mass is 32.2. The van der Waals surface area contributed by atoms with Gasteiger partial charge in [-0.25, -0.2) is 13.1 Å². The number of hydrogen-bond acceptors (Lipinski definition) is 2. The minimum absolute atomic E-state index is 0.169. The van der Waals surface area contributed by atoms with Gasteiger partial charge in [-0.1, -0.05) is 19.8 Å². The molecule has 0 aliphatic heterocycles. The standard InChI is InChI=1S/C11H23NO2S/c1-9(2)15(13,14)12-11-6-4-5-10(3)7-8-11/h9-12H,4-8H2,1-3H3. The highest BCUT2D eigenvalue weighted by Gasteiger charge is 2.23. The molecule has 1 aliphatic carbocycles. The summed E-state index contributed by atoms with van der Waals surface area (Å²) < 4.78 is 26.2. The Kier molecular flexibility index (Phi) is 4.59. The van der Waals surface area contributed by atoms with Crippen LogP contribution in [0.25, 0.3) is 0 Å². The van der Waals surface area contributed by atoms with E-state index in [-0.39, 0.29) is 11.3 Å². The summed E-state index contributed by atoms with van der Waals surface area (Å²) >= 11 is 0. The van der Waals surface area contributed by atoms with Gasteiger partial charge in [0.25, 0.3) is 0 Å². The van der Waals surface area contributed by atoms with Crippen molar-refractivity contribution in [1.82, 2.24) is 4.72 Å². The van der Waals surface area contributed by atoms with Gasteiger partial charge in [0.2, 0.25) is 10.0 Å². The molecule has 0 aromatic carbocycles. The minimum atomic E-state index is -3.08. The van der Waals surface area contributed by atoms with E-state index < -0.39 is 10.0 Å². The molecule has 0 aromatic rings. The summed E-state index contributed by atoms with van der Waals surface area (Å²) in [6.45, 7) is 5.70. The molecular formula is C11H23NO2S. The van der Waals surface area contributed by atoms with Crippen LogP contribution >= 0.6 is 0 Å². The molecule has 1 rings (SSSR count). The summed E-state index contributed by atoms with van der Waals surface area (Å²) in [4.78, 5) is 0. The molecule has 1 fully saturated rings.